The summed E-state index contributed by atoms with van der Waals surface area (Å²) < 4.78 is 0. The van der Waals surface area contributed by atoms with Gasteiger partial charge in [0.2, 0.25) is 0 Å². The SMILES string of the molecule is CC(N)C(C)N.CC(N)CO.CC(O)CCCC(C)O.CC(O)CN.CCCC(O)NCC.CCCCC(C)O.CCCCC(O)CC.CCCCCC(C)O.CCCCN.CCCCO.CCNCCO.NCCCCCN.NCCCCO.NCCCO. The summed E-state index contributed by atoms with van der Waals surface area (Å²) >= 11 is 0. The van der Waals surface area contributed by atoms with E-state index in [1.807, 2.05) is 48.5 Å². The summed E-state index contributed by atoms with van der Waals surface area (Å²) in [4.78, 5) is 0. The van der Waals surface area contributed by atoms with Gasteiger partial charge < -0.3 is 118 Å². The third kappa shape index (κ3) is 257. The lowest BCUT2D eigenvalue weighted by molar-refractivity contribution is 0.129. The zero-order valence-electron chi connectivity index (χ0n) is 62.6. The summed E-state index contributed by atoms with van der Waals surface area (Å²) in [6, 6.07) is 0.199. The fourth-order valence-corrected chi connectivity index (χ4v) is 4.58. The molecule has 0 aliphatic rings. The Labute approximate surface area is 559 Å². The van der Waals surface area contributed by atoms with Crippen molar-refractivity contribution in [2.75, 3.05) is 91.9 Å². The van der Waals surface area contributed by atoms with Crippen molar-refractivity contribution in [3.63, 3.8) is 0 Å². The molecule has 0 amide bonds. The Morgan fingerprint density at radius 2 is 0.656 bits per heavy atom. The van der Waals surface area contributed by atoms with Gasteiger partial charge >= 0.3 is 0 Å². The summed E-state index contributed by atoms with van der Waals surface area (Å²) in [5.74, 6) is 0. The van der Waals surface area contributed by atoms with Gasteiger partial charge in [-0.25, -0.2) is 0 Å². The van der Waals surface area contributed by atoms with Crippen LogP contribution in [0.3, 0.4) is 0 Å². The van der Waals surface area contributed by atoms with Gasteiger partial charge in [0.15, 0.2) is 0 Å². The van der Waals surface area contributed by atoms with Crippen LogP contribution in [0, 0.1) is 0 Å². The van der Waals surface area contributed by atoms with Gasteiger partial charge in [-0.3, -0.25) is 5.32 Å². The molecule has 10 unspecified atom stereocenters. The molecule has 90 heavy (non-hydrogen) atoms. The van der Waals surface area contributed by atoms with E-state index in [1.165, 1.54) is 51.4 Å². The maximum atomic E-state index is 8.99. The van der Waals surface area contributed by atoms with E-state index in [1.54, 1.807) is 27.7 Å². The summed E-state index contributed by atoms with van der Waals surface area (Å²) in [5, 5.41) is 107. The first kappa shape index (κ1) is 123. The lowest BCUT2D eigenvalue weighted by atomic mass is 10.1. The number of hydrogen-bond acceptors (Lipinski definition) is 23. The average molecular weight is 1330 g/mol. The lowest BCUT2D eigenvalue weighted by Gasteiger charge is -2.07. The van der Waals surface area contributed by atoms with Crippen LogP contribution in [0.15, 0.2) is 0 Å². The van der Waals surface area contributed by atoms with Gasteiger partial charge in [0.05, 0.1) is 49.8 Å². The predicted molar refractivity (Wildman–Crippen MR) is 393 cm³/mol. The van der Waals surface area contributed by atoms with Gasteiger partial charge in [0.25, 0.3) is 0 Å². The first-order valence-electron chi connectivity index (χ1n) is 35.2. The van der Waals surface area contributed by atoms with E-state index >= 15 is 0 Å². The van der Waals surface area contributed by atoms with Crippen LogP contribution in [0.2, 0.25) is 0 Å². The molecule has 32 N–H and O–H groups in total. The summed E-state index contributed by atoms with van der Waals surface area (Å²) in [6.07, 6.45) is 25.6. The Kier molecular flexibility index (Phi) is 180. The number of nitrogens with two attached hydrogens (primary N) is 9. The van der Waals surface area contributed by atoms with Crippen LogP contribution >= 0.6 is 0 Å². The summed E-state index contributed by atoms with van der Waals surface area (Å²) in [5.41, 5.74) is 46.3. The van der Waals surface area contributed by atoms with Crippen LogP contribution < -0.4 is 62.2 Å². The van der Waals surface area contributed by atoms with Crippen molar-refractivity contribution in [1.82, 2.24) is 10.6 Å². The van der Waals surface area contributed by atoms with Crippen molar-refractivity contribution in [3.05, 3.63) is 0 Å². The maximum Gasteiger partial charge on any atom is 0.104 e. The molecule has 0 aromatic carbocycles. The zero-order chi connectivity index (χ0) is 73.5. The van der Waals surface area contributed by atoms with Gasteiger partial charge in [-0.05, 0) is 198 Å². The highest BCUT2D eigenvalue weighted by Gasteiger charge is 1.99. The van der Waals surface area contributed by atoms with Crippen LogP contribution in [-0.4, -0.2) is 214 Å². The Morgan fingerprint density at radius 1 is 0.322 bits per heavy atom. The molecule has 0 heterocycles. The van der Waals surface area contributed by atoms with Gasteiger partial charge in [-0.15, -0.1) is 0 Å². The van der Waals surface area contributed by atoms with Crippen molar-refractivity contribution in [2.45, 2.75) is 346 Å². The number of nitrogens with one attached hydrogen (secondary N) is 2. The normalized spacial score (nSPS) is 12.9. The molecule has 0 saturated carbocycles. The van der Waals surface area contributed by atoms with Crippen molar-refractivity contribution in [1.29, 1.82) is 0 Å². The van der Waals surface area contributed by atoms with Gasteiger partial charge in [-0.2, -0.15) is 0 Å². The lowest BCUT2D eigenvalue weighted by Crippen LogP contribution is -2.35. The molecule has 0 aromatic heterocycles. The first-order valence-corrected chi connectivity index (χ1v) is 35.2. The third-order valence-electron chi connectivity index (χ3n) is 10.8. The Bertz CT molecular complexity index is 901. The molecule has 10 atom stereocenters. The van der Waals surface area contributed by atoms with Crippen molar-refractivity contribution in [2.24, 2.45) is 51.6 Å². The van der Waals surface area contributed by atoms with E-state index < -0.39 is 0 Å². The second-order valence-electron chi connectivity index (χ2n) is 22.0. The third-order valence-corrected chi connectivity index (χ3v) is 10.8. The standard InChI is InChI=1S/C7H16O2.2C7H16O.C6H15NO.C6H14O.C5H14N2.C4H12N2.2C4H11NO.C4H11N.C4H10O.3C3H9NO/c1-6(8)4-3-5-7(2)9;1-3-4-5-6-7(2)8;1-3-5-6-7(8)4-2;1-3-5-6(8)7-4-2;1-3-4-5-6(2)7;6-4-2-1-3-5-7;1-3(5)4(2)6;1-2-5-3-4-6;5-3-1-2-4-6;2*1-2-3-4-5;1-3(4)2-5;1-3(5)2-4;4-2-1-3-5/h6-9H,3-5H2,1-2H3;2*7-8H,3-6H2,1-2H3;6-8H,3-5H2,1-2H3;6-7H,3-5H2,1-2H3;1-7H2;3-4H,5-6H2,1-2H3;5-6H,2-4H2,1H3;6H,1-5H2;2-5H2,1H3;5H,2-4H2,1H3;2*3,5H,2,4H2,1H3;5H,1-4H2. The Morgan fingerprint density at radius 3 is 0.833 bits per heavy atom. The van der Waals surface area contributed by atoms with Gasteiger partial charge in [0, 0.05) is 51.0 Å². The molecule has 23 heteroatoms. The van der Waals surface area contributed by atoms with Gasteiger partial charge in [-0.1, -0.05) is 133 Å². The second-order valence-corrected chi connectivity index (χ2v) is 22.0. The Hall–Kier alpha value is -0.920. The van der Waals surface area contributed by atoms with Crippen LogP contribution in [0.1, 0.15) is 285 Å². The quantitative estimate of drug-likeness (QED) is 0.0262. The number of hydrogen-bond donors (Lipinski definition) is 23. The minimum Gasteiger partial charge on any atom is -0.396 e. The predicted octanol–water partition coefficient (Wildman–Crippen LogP) is 5.65. The highest BCUT2D eigenvalue weighted by molar-refractivity contribution is 4.63. The fourth-order valence-electron chi connectivity index (χ4n) is 4.58. The molecule has 0 aliphatic carbocycles. The number of likely N-dealkylation sites (N-methyl/N-ethyl adjacent to an activating group) is 1. The minimum atomic E-state index is -0.338. The molecule has 0 fully saturated rings. The molecule has 23 nitrogen and oxygen atoms in total. The molecule has 0 rings (SSSR count). The smallest absolute Gasteiger partial charge is 0.104 e. The highest BCUT2D eigenvalue weighted by Crippen LogP contribution is 2.04. The van der Waals surface area contributed by atoms with E-state index in [0.717, 1.165) is 155 Å². The Balaban J connectivity index is -0.0000000578. The molecule has 568 valence electrons. The van der Waals surface area contributed by atoms with Crippen LogP contribution in [0.4, 0.5) is 0 Å². The van der Waals surface area contributed by atoms with Crippen LogP contribution in [-0.2, 0) is 0 Å². The summed E-state index contributed by atoms with van der Waals surface area (Å²) in [7, 11) is 0. The molecule has 0 aromatic rings. The van der Waals surface area contributed by atoms with Crippen molar-refractivity contribution < 1.29 is 61.3 Å². The van der Waals surface area contributed by atoms with E-state index in [2.05, 4.69) is 52.2 Å². The first-order chi connectivity index (χ1) is 42.5. The largest absolute Gasteiger partial charge is 0.396 e. The van der Waals surface area contributed by atoms with E-state index in [4.69, 9.17) is 113 Å². The van der Waals surface area contributed by atoms with Gasteiger partial charge in [0.1, 0.15) is 6.23 Å². The topological polar surface area (TPSA) is 501 Å². The number of aliphatic hydroxyl groups is 12. The molecule has 0 radical (unpaired) electrons. The van der Waals surface area contributed by atoms with E-state index in [0.29, 0.717) is 26.2 Å². The maximum absolute atomic E-state index is 8.99. The van der Waals surface area contributed by atoms with Crippen molar-refractivity contribution >= 4 is 0 Å². The molecule has 0 spiro atoms. The zero-order valence-corrected chi connectivity index (χ0v) is 62.6. The monoisotopic (exact) mass is 1320 g/mol. The molecule has 0 bridgehead atoms. The highest BCUT2D eigenvalue weighted by atomic mass is 16.3. The number of rotatable bonds is 38. The van der Waals surface area contributed by atoms with Crippen LogP contribution in [0.5, 0.6) is 0 Å². The molecular weight excluding hydrogens is 1150 g/mol. The average Bonchev–Trinajstić information content (AvgIpc) is 3.50. The molecule has 0 saturated heterocycles. The van der Waals surface area contributed by atoms with E-state index in [9.17, 15) is 0 Å². The number of aliphatic hydroxyl groups excluding tert-OH is 12. The fraction of sp³-hybridized carbons (Fsp3) is 1.00. The van der Waals surface area contributed by atoms with Crippen molar-refractivity contribution in [3.8, 4) is 0 Å². The molecular formula is C67H173N11O12. The van der Waals surface area contributed by atoms with E-state index in [-0.39, 0.29) is 87.4 Å². The molecule has 0 aliphatic heterocycles. The number of unbranched alkanes of at least 4 members (excludes halogenated alkanes) is 9. The summed E-state index contributed by atoms with van der Waals surface area (Å²) in [6.45, 7) is 40.9. The second kappa shape index (κ2) is 132. The minimum absolute atomic E-state index is 0.0463. The van der Waals surface area contributed by atoms with Crippen LogP contribution in [0.25, 0.3) is 0 Å².